The predicted octanol–water partition coefficient (Wildman–Crippen LogP) is 1.71. The highest BCUT2D eigenvalue weighted by Gasteiger charge is 2.50. The van der Waals surface area contributed by atoms with Crippen LogP contribution in [-0.2, 0) is 14.3 Å². The molecule has 1 aromatic heterocycles. The number of hydrogen-bond donors (Lipinski definition) is 2. The molecule has 2 aliphatic rings. The van der Waals surface area contributed by atoms with Gasteiger partial charge in [-0.15, -0.1) is 10.2 Å². The fraction of sp³-hybridized carbons (Fsp3) is 0.524. The molecule has 3 atom stereocenters. The molecule has 2 aromatic rings. The number of likely N-dealkylation sites (tertiary alicyclic amines) is 1. The maximum absolute atomic E-state index is 13.3. The highest BCUT2D eigenvalue weighted by Crippen LogP contribution is 2.32. The van der Waals surface area contributed by atoms with Crippen molar-refractivity contribution in [1.82, 2.24) is 20.5 Å². The summed E-state index contributed by atoms with van der Waals surface area (Å²) in [6, 6.07) is 9.17. The average Bonchev–Trinajstić information content (AvgIpc) is 3.37. The Morgan fingerprint density at radius 3 is 2.74 bits per heavy atom. The van der Waals surface area contributed by atoms with E-state index in [0.29, 0.717) is 31.4 Å². The van der Waals surface area contributed by atoms with Gasteiger partial charge in [-0.25, -0.2) is 10.4 Å². The molecule has 0 radical (unpaired) electrons. The Bertz CT molecular complexity index is 921. The Balaban J connectivity index is 1.55. The molecular formula is C21H28N6O3S. The van der Waals surface area contributed by atoms with Crippen LogP contribution in [0.3, 0.4) is 0 Å². The number of nitrogens with zero attached hydrogens (tertiary/aromatic N) is 4. The van der Waals surface area contributed by atoms with Crippen LogP contribution in [0.1, 0.15) is 24.8 Å². The SMILES string of the molecule is COCCN1CC(C(=O)Nc2nnc(C(C)C)s2)C2NN(c3ccccc3)C(=O)C2C1. The van der Waals surface area contributed by atoms with Gasteiger partial charge < -0.3 is 10.1 Å². The molecule has 2 aliphatic heterocycles. The van der Waals surface area contributed by atoms with E-state index in [1.807, 2.05) is 44.2 Å². The number of para-hydroxylation sites is 1. The van der Waals surface area contributed by atoms with Crippen molar-refractivity contribution < 1.29 is 14.3 Å². The summed E-state index contributed by atoms with van der Waals surface area (Å²) in [4.78, 5) is 28.6. The second-order valence-corrected chi connectivity index (χ2v) is 9.23. The Morgan fingerprint density at radius 1 is 1.29 bits per heavy atom. The fourth-order valence-corrected chi connectivity index (χ4v) is 4.82. The van der Waals surface area contributed by atoms with E-state index < -0.39 is 5.92 Å². The summed E-state index contributed by atoms with van der Waals surface area (Å²) in [5.41, 5.74) is 4.08. The number of hydrogen-bond acceptors (Lipinski definition) is 8. The molecule has 10 heteroatoms. The summed E-state index contributed by atoms with van der Waals surface area (Å²) in [6.45, 7) is 6.41. The Morgan fingerprint density at radius 2 is 2.06 bits per heavy atom. The lowest BCUT2D eigenvalue weighted by molar-refractivity contribution is -0.126. The van der Waals surface area contributed by atoms with Crippen molar-refractivity contribution in [3.63, 3.8) is 0 Å². The molecule has 2 amide bonds. The third kappa shape index (κ3) is 4.62. The van der Waals surface area contributed by atoms with Crippen LogP contribution in [0.25, 0.3) is 0 Å². The van der Waals surface area contributed by atoms with Gasteiger partial charge in [-0.1, -0.05) is 43.4 Å². The normalized spacial score (nSPS) is 23.9. The van der Waals surface area contributed by atoms with E-state index >= 15 is 0 Å². The second kappa shape index (κ2) is 9.39. The zero-order valence-corrected chi connectivity index (χ0v) is 18.8. The minimum Gasteiger partial charge on any atom is -0.383 e. The minimum atomic E-state index is -0.417. The summed E-state index contributed by atoms with van der Waals surface area (Å²) in [5.74, 6) is -0.657. The van der Waals surface area contributed by atoms with Crippen molar-refractivity contribution in [3.8, 4) is 0 Å². The molecule has 0 saturated carbocycles. The molecule has 2 saturated heterocycles. The lowest BCUT2D eigenvalue weighted by Gasteiger charge is -2.38. The van der Waals surface area contributed by atoms with Gasteiger partial charge in [0.05, 0.1) is 30.2 Å². The molecule has 0 spiro atoms. The lowest BCUT2D eigenvalue weighted by Crippen LogP contribution is -2.56. The summed E-state index contributed by atoms with van der Waals surface area (Å²) in [5, 5.41) is 14.1. The number of benzene rings is 1. The van der Waals surface area contributed by atoms with Crippen LogP contribution in [0.15, 0.2) is 30.3 Å². The molecule has 9 nitrogen and oxygen atoms in total. The largest absolute Gasteiger partial charge is 0.383 e. The third-order valence-electron chi connectivity index (χ3n) is 5.72. The standard InChI is InChI=1S/C21H28N6O3S/c1-13(2)19-23-24-21(31-19)22-18(28)15-11-26(9-10-30-3)12-16-17(15)25-27(20(16)29)14-7-5-4-6-8-14/h4-8,13,15-17,25H,9-12H2,1-3H3,(H,22,24,28). The average molecular weight is 445 g/mol. The van der Waals surface area contributed by atoms with Crippen molar-refractivity contribution in [2.75, 3.05) is 43.7 Å². The lowest BCUT2D eigenvalue weighted by atomic mass is 9.84. The zero-order valence-electron chi connectivity index (χ0n) is 17.9. The molecule has 3 unspecified atom stereocenters. The molecule has 166 valence electrons. The van der Waals surface area contributed by atoms with Gasteiger partial charge in [0.2, 0.25) is 16.9 Å². The first-order chi connectivity index (χ1) is 15.0. The highest BCUT2D eigenvalue weighted by molar-refractivity contribution is 7.15. The number of hydrazine groups is 1. The third-order valence-corrected chi connectivity index (χ3v) is 6.86. The first-order valence-corrected chi connectivity index (χ1v) is 11.3. The van der Waals surface area contributed by atoms with Crippen molar-refractivity contribution in [2.24, 2.45) is 11.8 Å². The first-order valence-electron chi connectivity index (χ1n) is 10.5. The quantitative estimate of drug-likeness (QED) is 0.671. The summed E-state index contributed by atoms with van der Waals surface area (Å²) in [7, 11) is 1.65. The minimum absolute atomic E-state index is 0.0193. The number of rotatable bonds is 7. The van der Waals surface area contributed by atoms with E-state index in [1.165, 1.54) is 11.3 Å². The monoisotopic (exact) mass is 444 g/mol. The molecule has 0 bridgehead atoms. The van der Waals surface area contributed by atoms with Gasteiger partial charge in [0.25, 0.3) is 0 Å². The van der Waals surface area contributed by atoms with Crippen molar-refractivity contribution >= 4 is 34.0 Å². The number of aromatic nitrogens is 2. The fourth-order valence-electron chi connectivity index (χ4n) is 4.07. The molecule has 3 heterocycles. The number of carbonyl (C=O) groups is 2. The van der Waals surface area contributed by atoms with E-state index in [9.17, 15) is 9.59 Å². The van der Waals surface area contributed by atoms with Gasteiger partial charge in [-0.3, -0.25) is 14.5 Å². The van der Waals surface area contributed by atoms with Crippen LogP contribution >= 0.6 is 11.3 Å². The molecule has 0 aliphatic carbocycles. The number of anilines is 2. The summed E-state index contributed by atoms with van der Waals surface area (Å²) >= 11 is 1.39. The number of fused-ring (bicyclic) bond motifs is 1. The smallest absolute Gasteiger partial charge is 0.247 e. The van der Waals surface area contributed by atoms with E-state index in [2.05, 4.69) is 25.8 Å². The van der Waals surface area contributed by atoms with Crippen LogP contribution in [0.5, 0.6) is 0 Å². The van der Waals surface area contributed by atoms with Crippen molar-refractivity contribution in [2.45, 2.75) is 25.8 Å². The number of carbonyl (C=O) groups excluding carboxylic acids is 2. The second-order valence-electron chi connectivity index (χ2n) is 8.22. The maximum atomic E-state index is 13.3. The van der Waals surface area contributed by atoms with Gasteiger partial charge in [0.1, 0.15) is 5.01 Å². The van der Waals surface area contributed by atoms with Gasteiger partial charge in [0.15, 0.2) is 0 Å². The van der Waals surface area contributed by atoms with Crippen molar-refractivity contribution in [1.29, 1.82) is 0 Å². The van der Waals surface area contributed by atoms with E-state index in [-0.39, 0.29) is 29.7 Å². The van der Waals surface area contributed by atoms with E-state index in [1.54, 1.807) is 12.1 Å². The molecule has 1 aromatic carbocycles. The number of methoxy groups -OCH3 is 1. The van der Waals surface area contributed by atoms with Crippen molar-refractivity contribution in [3.05, 3.63) is 35.3 Å². The number of nitrogens with one attached hydrogen (secondary N) is 2. The highest BCUT2D eigenvalue weighted by atomic mass is 32.1. The van der Waals surface area contributed by atoms with Gasteiger partial charge >= 0.3 is 0 Å². The van der Waals surface area contributed by atoms with E-state index in [4.69, 9.17) is 4.74 Å². The van der Waals surface area contributed by atoms with E-state index in [0.717, 1.165) is 10.7 Å². The molecular weight excluding hydrogens is 416 g/mol. The van der Waals surface area contributed by atoms with Gasteiger partial charge in [0, 0.05) is 32.7 Å². The maximum Gasteiger partial charge on any atom is 0.247 e. The Kier molecular flexibility index (Phi) is 6.61. The molecule has 2 fully saturated rings. The first kappa shape index (κ1) is 21.8. The number of amides is 2. The predicted molar refractivity (Wildman–Crippen MR) is 119 cm³/mol. The van der Waals surface area contributed by atoms with Crippen LogP contribution in [0, 0.1) is 11.8 Å². The molecule has 2 N–H and O–H groups in total. The summed E-state index contributed by atoms with van der Waals surface area (Å²) in [6.07, 6.45) is 0. The van der Waals surface area contributed by atoms with Gasteiger partial charge in [-0.05, 0) is 12.1 Å². The number of piperidine rings is 1. The topological polar surface area (TPSA) is 99.7 Å². The van der Waals surface area contributed by atoms with Crippen LogP contribution < -0.4 is 15.8 Å². The Labute approximate surface area is 185 Å². The van der Waals surface area contributed by atoms with Crippen LogP contribution in [0.4, 0.5) is 10.8 Å². The molecule has 31 heavy (non-hydrogen) atoms. The van der Waals surface area contributed by atoms with Crippen LogP contribution in [0.2, 0.25) is 0 Å². The van der Waals surface area contributed by atoms with Gasteiger partial charge in [-0.2, -0.15) is 0 Å². The Hall–Kier alpha value is -2.40. The zero-order chi connectivity index (χ0) is 22.0. The summed E-state index contributed by atoms with van der Waals surface area (Å²) < 4.78 is 5.22. The molecule has 4 rings (SSSR count). The number of ether oxygens (including phenoxy) is 1. The van der Waals surface area contributed by atoms with Crippen LogP contribution in [-0.4, -0.2) is 66.3 Å².